The van der Waals surface area contributed by atoms with Crippen molar-refractivity contribution >= 4 is 44.8 Å². The maximum Gasteiger partial charge on any atom is 0.433 e. The van der Waals surface area contributed by atoms with E-state index in [4.69, 9.17) is 11.6 Å². The van der Waals surface area contributed by atoms with Crippen LogP contribution >= 0.6 is 11.6 Å². The van der Waals surface area contributed by atoms with Gasteiger partial charge < -0.3 is 10.6 Å². The molecule has 2 aromatic carbocycles. The van der Waals surface area contributed by atoms with Gasteiger partial charge in [-0.15, -0.1) is 0 Å². The molecule has 34 heavy (non-hydrogen) atoms. The second-order valence-electron chi connectivity index (χ2n) is 8.57. The highest BCUT2D eigenvalue weighted by Gasteiger charge is 2.34. The molecule has 1 aliphatic carbocycles. The predicted molar refractivity (Wildman–Crippen MR) is 127 cm³/mol. The van der Waals surface area contributed by atoms with Gasteiger partial charge in [0.25, 0.3) is 0 Å². The van der Waals surface area contributed by atoms with Crippen molar-refractivity contribution in [2.24, 2.45) is 0 Å². The molecule has 1 aliphatic rings. The van der Waals surface area contributed by atoms with Crippen molar-refractivity contribution in [3.8, 4) is 0 Å². The number of nitrogens with zero attached hydrogens (tertiary/aromatic N) is 2. The molecule has 2 aromatic heterocycles. The molecule has 4 aromatic rings. The van der Waals surface area contributed by atoms with Crippen molar-refractivity contribution in [1.29, 1.82) is 0 Å². The van der Waals surface area contributed by atoms with E-state index < -0.39 is 17.7 Å². The molecule has 1 saturated carbocycles. The molecule has 9 heteroatoms. The standard InChI is InChI=1S/C25H21ClF4N4/c26-14-1-7-18-21(9-10-31-22(18)11-14)32-16-3-5-17(6-4-16)33-23-13-24(25(28,29)30)34-20-8-2-15(27)12-19(20)23/h1-2,7-13,16-17H,3-6H2,(H,31,32)(H,33,34). The first-order valence-electron chi connectivity index (χ1n) is 11.0. The van der Waals surface area contributed by atoms with E-state index >= 15 is 0 Å². The molecule has 0 radical (unpaired) electrons. The van der Waals surface area contributed by atoms with Crippen molar-refractivity contribution in [3.05, 3.63) is 71.3 Å². The smallest absolute Gasteiger partial charge is 0.382 e. The van der Waals surface area contributed by atoms with Crippen LogP contribution in [0.5, 0.6) is 0 Å². The van der Waals surface area contributed by atoms with Crippen LogP contribution in [0.25, 0.3) is 21.8 Å². The molecule has 0 spiro atoms. The van der Waals surface area contributed by atoms with Gasteiger partial charge in [0.2, 0.25) is 0 Å². The summed E-state index contributed by atoms with van der Waals surface area (Å²) in [7, 11) is 0. The van der Waals surface area contributed by atoms with E-state index in [2.05, 4.69) is 20.6 Å². The molecule has 0 aliphatic heterocycles. The Bertz CT molecular complexity index is 1350. The predicted octanol–water partition coefficient (Wildman–Crippen LogP) is 7.43. The van der Waals surface area contributed by atoms with E-state index in [1.54, 1.807) is 6.20 Å². The van der Waals surface area contributed by atoms with E-state index in [0.717, 1.165) is 54.4 Å². The molecule has 2 N–H and O–H groups in total. The Balaban J connectivity index is 1.31. The molecule has 2 heterocycles. The highest BCUT2D eigenvalue weighted by molar-refractivity contribution is 6.31. The molecule has 0 saturated heterocycles. The number of hydrogen-bond donors (Lipinski definition) is 2. The minimum absolute atomic E-state index is 0.0269. The molecule has 5 rings (SSSR count). The lowest BCUT2D eigenvalue weighted by molar-refractivity contribution is -0.140. The van der Waals surface area contributed by atoms with Crippen molar-refractivity contribution in [2.45, 2.75) is 43.9 Å². The third kappa shape index (κ3) is 4.73. The van der Waals surface area contributed by atoms with Crippen LogP contribution in [0, 0.1) is 5.82 Å². The van der Waals surface area contributed by atoms with Gasteiger partial charge in [0.1, 0.15) is 11.5 Å². The zero-order valence-electron chi connectivity index (χ0n) is 18.0. The molecule has 0 amide bonds. The number of pyridine rings is 2. The summed E-state index contributed by atoms with van der Waals surface area (Å²) in [5, 5.41) is 8.75. The lowest BCUT2D eigenvalue weighted by Gasteiger charge is -2.31. The van der Waals surface area contributed by atoms with Gasteiger partial charge in [-0.2, -0.15) is 13.2 Å². The lowest BCUT2D eigenvalue weighted by Crippen LogP contribution is -2.32. The third-order valence-corrected chi connectivity index (χ3v) is 6.45. The summed E-state index contributed by atoms with van der Waals surface area (Å²) in [5.41, 5.74) is 1.16. The van der Waals surface area contributed by atoms with E-state index in [1.807, 2.05) is 24.3 Å². The van der Waals surface area contributed by atoms with Crippen LogP contribution in [0.2, 0.25) is 5.02 Å². The number of benzene rings is 2. The highest BCUT2D eigenvalue weighted by Crippen LogP contribution is 2.35. The summed E-state index contributed by atoms with van der Waals surface area (Å²) < 4.78 is 53.9. The molecule has 0 bridgehead atoms. The Hall–Kier alpha value is -3.13. The van der Waals surface area contributed by atoms with Crippen LogP contribution in [0.4, 0.5) is 28.9 Å². The number of fused-ring (bicyclic) bond motifs is 2. The quantitative estimate of drug-likeness (QED) is 0.293. The normalized spacial score (nSPS) is 18.9. The SMILES string of the molecule is Fc1ccc2nc(C(F)(F)F)cc(NC3CCC(Nc4ccnc5cc(Cl)ccc45)CC3)c2c1. The zero-order chi connectivity index (χ0) is 23.9. The summed E-state index contributed by atoms with van der Waals surface area (Å²) in [6, 6.07) is 12.3. The van der Waals surface area contributed by atoms with Crippen LogP contribution in [-0.2, 0) is 6.18 Å². The Labute approximate surface area is 198 Å². The number of aromatic nitrogens is 2. The first kappa shape index (κ1) is 22.7. The van der Waals surface area contributed by atoms with Gasteiger partial charge >= 0.3 is 6.18 Å². The van der Waals surface area contributed by atoms with Gasteiger partial charge in [-0.05, 0) is 74.2 Å². The van der Waals surface area contributed by atoms with Crippen LogP contribution < -0.4 is 10.6 Å². The minimum atomic E-state index is -4.59. The Kier molecular flexibility index (Phi) is 5.93. The van der Waals surface area contributed by atoms with Gasteiger partial charge in [-0.3, -0.25) is 4.98 Å². The number of hydrogen-bond acceptors (Lipinski definition) is 4. The Morgan fingerprint density at radius 1 is 0.794 bits per heavy atom. The number of alkyl halides is 3. The fourth-order valence-corrected chi connectivity index (χ4v) is 4.70. The van der Waals surface area contributed by atoms with Crippen molar-refractivity contribution in [1.82, 2.24) is 9.97 Å². The number of nitrogens with one attached hydrogen (secondary N) is 2. The molecule has 0 atom stereocenters. The third-order valence-electron chi connectivity index (χ3n) is 6.21. The molecular weight excluding hydrogens is 468 g/mol. The second-order valence-corrected chi connectivity index (χ2v) is 9.01. The monoisotopic (exact) mass is 488 g/mol. The highest BCUT2D eigenvalue weighted by atomic mass is 35.5. The molecular formula is C25H21ClF4N4. The number of rotatable bonds is 4. The van der Waals surface area contributed by atoms with Crippen LogP contribution in [0.15, 0.2) is 54.7 Å². The van der Waals surface area contributed by atoms with E-state index in [1.165, 1.54) is 12.1 Å². The van der Waals surface area contributed by atoms with Gasteiger partial charge in [-0.25, -0.2) is 9.37 Å². The largest absolute Gasteiger partial charge is 0.433 e. The fourth-order valence-electron chi connectivity index (χ4n) is 4.53. The average Bonchev–Trinajstić information content (AvgIpc) is 2.80. The van der Waals surface area contributed by atoms with Crippen molar-refractivity contribution in [2.75, 3.05) is 10.6 Å². The van der Waals surface area contributed by atoms with Gasteiger partial charge in [-0.1, -0.05) is 11.6 Å². The van der Waals surface area contributed by atoms with Crippen molar-refractivity contribution < 1.29 is 17.6 Å². The molecule has 4 nitrogen and oxygen atoms in total. The van der Waals surface area contributed by atoms with Gasteiger partial charge in [0.05, 0.1) is 11.0 Å². The van der Waals surface area contributed by atoms with Gasteiger partial charge in [0.15, 0.2) is 0 Å². The lowest BCUT2D eigenvalue weighted by atomic mass is 9.90. The van der Waals surface area contributed by atoms with Crippen LogP contribution in [-0.4, -0.2) is 22.1 Å². The van der Waals surface area contributed by atoms with E-state index in [9.17, 15) is 17.6 Å². The number of halogens is 5. The first-order chi connectivity index (χ1) is 16.3. The zero-order valence-corrected chi connectivity index (χ0v) is 18.7. The molecule has 1 fully saturated rings. The maximum absolute atomic E-state index is 13.8. The summed E-state index contributed by atoms with van der Waals surface area (Å²) in [6.45, 7) is 0. The van der Waals surface area contributed by atoms with E-state index in [0.29, 0.717) is 10.4 Å². The Morgan fingerprint density at radius 3 is 2.21 bits per heavy atom. The molecule has 176 valence electrons. The topological polar surface area (TPSA) is 49.8 Å². The Morgan fingerprint density at radius 2 is 1.50 bits per heavy atom. The first-order valence-corrected chi connectivity index (χ1v) is 11.4. The summed E-state index contributed by atoms with van der Waals surface area (Å²) in [6.07, 6.45) is 0.329. The summed E-state index contributed by atoms with van der Waals surface area (Å²) in [4.78, 5) is 8.04. The molecule has 0 unspecified atom stereocenters. The maximum atomic E-state index is 13.8. The second kappa shape index (κ2) is 8.91. The van der Waals surface area contributed by atoms with Crippen LogP contribution in [0.1, 0.15) is 31.4 Å². The van der Waals surface area contributed by atoms with Gasteiger partial charge in [0, 0.05) is 45.5 Å². The summed E-state index contributed by atoms with van der Waals surface area (Å²) >= 11 is 6.07. The summed E-state index contributed by atoms with van der Waals surface area (Å²) in [5.74, 6) is -0.518. The minimum Gasteiger partial charge on any atom is -0.382 e. The van der Waals surface area contributed by atoms with Crippen molar-refractivity contribution in [3.63, 3.8) is 0 Å². The van der Waals surface area contributed by atoms with Crippen LogP contribution in [0.3, 0.4) is 0 Å². The number of anilines is 2. The fraction of sp³-hybridized carbons (Fsp3) is 0.280. The average molecular weight is 489 g/mol. The van der Waals surface area contributed by atoms with E-state index in [-0.39, 0.29) is 23.3 Å².